The highest BCUT2D eigenvalue weighted by Gasteiger charge is 2.11. The van der Waals surface area contributed by atoms with Crippen molar-refractivity contribution in [2.75, 3.05) is 0 Å². The molecular formula is C6H3ClN2O2S. The van der Waals surface area contributed by atoms with Crippen LogP contribution < -0.4 is 0 Å². The highest BCUT2D eigenvalue weighted by atomic mass is 35.5. The Labute approximate surface area is 78.5 Å². The van der Waals surface area contributed by atoms with E-state index in [1.54, 1.807) is 0 Å². The van der Waals surface area contributed by atoms with Crippen LogP contribution in [-0.4, -0.2) is 4.92 Å². The van der Waals surface area contributed by atoms with E-state index in [1.165, 1.54) is 18.2 Å². The largest absolute Gasteiger partial charge is 0.288 e. The lowest BCUT2D eigenvalue weighted by molar-refractivity contribution is -0.384. The van der Waals surface area contributed by atoms with Crippen molar-refractivity contribution in [1.82, 2.24) is 0 Å². The first-order valence-corrected chi connectivity index (χ1v) is 3.67. The highest BCUT2D eigenvalue weighted by Crippen LogP contribution is 2.28. The van der Waals surface area contributed by atoms with Crippen molar-refractivity contribution in [3.63, 3.8) is 0 Å². The molecule has 1 aromatic carbocycles. The van der Waals surface area contributed by atoms with Gasteiger partial charge in [-0.3, -0.25) is 10.1 Å². The van der Waals surface area contributed by atoms with Gasteiger partial charge in [0.2, 0.25) is 0 Å². The zero-order chi connectivity index (χ0) is 9.14. The third-order valence-corrected chi connectivity index (χ3v) is 1.75. The fourth-order valence-electron chi connectivity index (χ4n) is 0.701. The average Bonchev–Trinajstić information content (AvgIpc) is 2.03. The van der Waals surface area contributed by atoms with E-state index in [-0.39, 0.29) is 10.7 Å². The van der Waals surface area contributed by atoms with Crippen molar-refractivity contribution in [3.8, 4) is 0 Å². The van der Waals surface area contributed by atoms with Crippen LogP contribution in [0.25, 0.3) is 0 Å². The number of benzene rings is 1. The van der Waals surface area contributed by atoms with Crippen LogP contribution >= 0.6 is 11.6 Å². The third-order valence-electron chi connectivity index (χ3n) is 1.23. The molecule has 0 amide bonds. The molecule has 0 radical (unpaired) electrons. The lowest BCUT2D eigenvalue weighted by Crippen LogP contribution is -1.87. The minimum absolute atomic E-state index is 0.0473. The van der Waals surface area contributed by atoms with E-state index in [2.05, 4.69) is 16.8 Å². The van der Waals surface area contributed by atoms with Gasteiger partial charge in [-0.25, -0.2) is 0 Å². The van der Waals surface area contributed by atoms with Gasteiger partial charge in [0.1, 0.15) is 5.02 Å². The molecule has 62 valence electrons. The molecule has 0 aromatic heterocycles. The van der Waals surface area contributed by atoms with Crippen molar-refractivity contribution in [1.29, 1.82) is 0 Å². The van der Waals surface area contributed by atoms with Crippen LogP contribution in [0.4, 0.5) is 11.4 Å². The zero-order valence-electron chi connectivity index (χ0n) is 5.73. The summed E-state index contributed by atoms with van der Waals surface area (Å²) in [5.74, 6) is 0. The molecular weight excluding hydrogens is 200 g/mol. The number of nitro benzene ring substituents is 1. The molecule has 6 heteroatoms. The zero-order valence-corrected chi connectivity index (χ0v) is 7.30. The van der Waals surface area contributed by atoms with Gasteiger partial charge in [0.05, 0.1) is 10.6 Å². The summed E-state index contributed by atoms with van der Waals surface area (Å²) >= 11 is 9.94. The molecule has 0 aliphatic heterocycles. The fourth-order valence-corrected chi connectivity index (χ4v) is 1.06. The summed E-state index contributed by atoms with van der Waals surface area (Å²) in [5, 5.41) is 10.3. The van der Waals surface area contributed by atoms with Crippen LogP contribution in [0.5, 0.6) is 0 Å². The Morgan fingerprint density at radius 2 is 2.25 bits per heavy atom. The lowest BCUT2D eigenvalue weighted by Gasteiger charge is -1.94. The standard InChI is InChI=1S/C6H3ClN2O2S/c7-5-3-4(8-12)1-2-6(5)9(10)11/h1-3H. The molecule has 1 rings (SSSR count). The van der Waals surface area contributed by atoms with E-state index >= 15 is 0 Å². The van der Waals surface area contributed by atoms with Gasteiger partial charge >= 0.3 is 0 Å². The number of rotatable bonds is 2. The van der Waals surface area contributed by atoms with Gasteiger partial charge < -0.3 is 0 Å². The normalized spacial score (nSPS) is 9.42. The molecule has 0 bridgehead atoms. The molecule has 12 heavy (non-hydrogen) atoms. The molecule has 0 spiro atoms. The number of halogens is 1. The maximum atomic E-state index is 10.3. The molecule has 1 aromatic rings. The van der Waals surface area contributed by atoms with Crippen molar-refractivity contribution >= 4 is 35.4 Å². The topological polar surface area (TPSA) is 55.5 Å². The second kappa shape index (κ2) is 3.55. The minimum Gasteiger partial charge on any atom is -0.258 e. The van der Waals surface area contributed by atoms with Crippen LogP contribution in [0, 0.1) is 10.1 Å². The molecule has 0 fully saturated rings. The minimum atomic E-state index is -0.560. The summed E-state index contributed by atoms with van der Waals surface area (Å²) < 4.78 is 3.41. The lowest BCUT2D eigenvalue weighted by atomic mass is 10.3. The summed E-state index contributed by atoms with van der Waals surface area (Å²) in [7, 11) is 0. The summed E-state index contributed by atoms with van der Waals surface area (Å²) in [6, 6.07) is 4.07. The Kier molecular flexibility index (Phi) is 2.67. The van der Waals surface area contributed by atoms with Gasteiger partial charge in [-0.15, -0.1) is 0 Å². The van der Waals surface area contributed by atoms with Gasteiger partial charge in [-0.05, 0) is 12.1 Å². The first-order valence-electron chi connectivity index (χ1n) is 2.92. The quantitative estimate of drug-likeness (QED) is 0.547. The summed E-state index contributed by atoms with van der Waals surface area (Å²) in [4.78, 5) is 9.73. The Morgan fingerprint density at radius 1 is 1.58 bits per heavy atom. The van der Waals surface area contributed by atoms with Crippen LogP contribution in [0.1, 0.15) is 0 Å². The van der Waals surface area contributed by atoms with Crippen LogP contribution in [0.15, 0.2) is 22.6 Å². The van der Waals surface area contributed by atoms with E-state index in [1.807, 2.05) is 0 Å². The van der Waals surface area contributed by atoms with Crippen molar-refractivity contribution in [2.24, 2.45) is 4.36 Å². The fraction of sp³-hybridized carbons (Fsp3) is 0. The van der Waals surface area contributed by atoms with E-state index in [9.17, 15) is 10.1 Å². The molecule has 0 heterocycles. The Hall–Kier alpha value is -1.07. The van der Waals surface area contributed by atoms with Crippen LogP contribution in [-0.2, 0) is 12.4 Å². The number of hydrogen-bond donors (Lipinski definition) is 0. The van der Waals surface area contributed by atoms with Crippen LogP contribution in [0.2, 0.25) is 5.02 Å². The Bertz CT molecular complexity index is 342. The van der Waals surface area contributed by atoms with E-state index in [4.69, 9.17) is 11.6 Å². The Morgan fingerprint density at radius 3 is 2.67 bits per heavy atom. The molecule has 0 unspecified atom stereocenters. The number of nitro groups is 1. The second-order valence-corrected chi connectivity index (χ2v) is 2.57. The molecule has 0 saturated heterocycles. The molecule has 0 aliphatic rings. The van der Waals surface area contributed by atoms with Gasteiger partial charge in [-0.1, -0.05) is 11.6 Å². The highest BCUT2D eigenvalue weighted by molar-refractivity contribution is 7.47. The van der Waals surface area contributed by atoms with Gasteiger partial charge in [0.25, 0.3) is 5.69 Å². The molecule has 4 nitrogen and oxygen atoms in total. The maximum absolute atomic E-state index is 10.3. The second-order valence-electron chi connectivity index (χ2n) is 1.98. The third kappa shape index (κ3) is 1.75. The van der Waals surface area contributed by atoms with Crippen molar-refractivity contribution in [2.45, 2.75) is 0 Å². The first kappa shape index (κ1) is 9.02. The summed E-state index contributed by atoms with van der Waals surface area (Å²) in [6.07, 6.45) is 0. The SMILES string of the molecule is O=[N+]([O-])c1ccc(N=S)cc1Cl. The Balaban J connectivity index is 3.20. The number of hydrogen-bond acceptors (Lipinski definition) is 4. The summed E-state index contributed by atoms with van der Waals surface area (Å²) in [5.41, 5.74) is 0.305. The van der Waals surface area contributed by atoms with Crippen molar-refractivity contribution in [3.05, 3.63) is 33.3 Å². The monoisotopic (exact) mass is 202 g/mol. The summed E-state index contributed by atoms with van der Waals surface area (Å²) in [6.45, 7) is 0. The van der Waals surface area contributed by atoms with E-state index in [0.717, 1.165) is 0 Å². The van der Waals surface area contributed by atoms with E-state index in [0.29, 0.717) is 5.69 Å². The van der Waals surface area contributed by atoms with Gasteiger partial charge in [0, 0.05) is 18.5 Å². The van der Waals surface area contributed by atoms with Crippen molar-refractivity contribution < 1.29 is 4.92 Å². The molecule has 0 aliphatic carbocycles. The molecule has 0 N–H and O–H groups in total. The molecule has 0 saturated carbocycles. The predicted molar refractivity (Wildman–Crippen MR) is 47.6 cm³/mol. The van der Waals surface area contributed by atoms with E-state index < -0.39 is 4.92 Å². The number of nitrogens with zero attached hydrogens (tertiary/aromatic N) is 2. The molecule has 0 atom stereocenters. The predicted octanol–water partition coefficient (Wildman–Crippen LogP) is 2.61. The first-order chi connectivity index (χ1) is 5.65. The van der Waals surface area contributed by atoms with Crippen LogP contribution in [0.3, 0.4) is 0 Å². The van der Waals surface area contributed by atoms with Gasteiger partial charge in [0.15, 0.2) is 0 Å². The maximum Gasteiger partial charge on any atom is 0.288 e. The van der Waals surface area contributed by atoms with Gasteiger partial charge in [-0.2, -0.15) is 4.36 Å². The smallest absolute Gasteiger partial charge is 0.258 e. The average molecular weight is 203 g/mol.